The van der Waals surface area contributed by atoms with Crippen LogP contribution in [-0.4, -0.2) is 35.7 Å². The van der Waals surface area contributed by atoms with Crippen LogP contribution in [0.2, 0.25) is 0 Å². The van der Waals surface area contributed by atoms with Crippen LogP contribution in [0.4, 0.5) is 13.2 Å². The molecular weight excluding hydrogens is 415 g/mol. The summed E-state index contributed by atoms with van der Waals surface area (Å²) >= 11 is 0. The minimum Gasteiger partial charge on any atom is -0.349 e. The topological polar surface area (TPSA) is 56.5 Å². The molecule has 2 unspecified atom stereocenters. The van der Waals surface area contributed by atoms with Gasteiger partial charge in [0.05, 0.1) is 23.3 Å². The van der Waals surface area contributed by atoms with E-state index in [9.17, 15) is 18.0 Å². The Morgan fingerprint density at radius 3 is 2.47 bits per heavy atom. The molecular formula is C25H32F3N3O. The average Bonchev–Trinajstić information content (AvgIpc) is 2.98. The van der Waals surface area contributed by atoms with Gasteiger partial charge in [-0.2, -0.15) is 18.4 Å². The normalized spacial score (nSPS) is 24.8. The van der Waals surface area contributed by atoms with Gasteiger partial charge in [-0.15, -0.1) is 0 Å². The molecule has 2 aliphatic heterocycles. The summed E-state index contributed by atoms with van der Waals surface area (Å²) in [4.78, 5) is 19.4. The Labute approximate surface area is 188 Å². The lowest BCUT2D eigenvalue weighted by Crippen LogP contribution is -2.48. The third kappa shape index (κ3) is 4.55. The summed E-state index contributed by atoms with van der Waals surface area (Å²) < 4.78 is 40.8. The molecule has 0 N–H and O–H groups in total. The van der Waals surface area contributed by atoms with Crippen LogP contribution in [0.5, 0.6) is 0 Å². The first-order valence-electron chi connectivity index (χ1n) is 11.7. The van der Waals surface area contributed by atoms with Crippen LogP contribution in [-0.2, 0) is 4.79 Å². The number of alkyl halides is 3. The minimum absolute atomic E-state index is 0.0750. The van der Waals surface area contributed by atoms with Gasteiger partial charge < -0.3 is 4.90 Å². The van der Waals surface area contributed by atoms with E-state index < -0.39 is 23.2 Å². The number of Topliss-reactive ketones (excluding diaryl/α,β-unsaturated/α-hetero) is 1. The predicted molar refractivity (Wildman–Crippen MR) is 119 cm³/mol. The highest BCUT2D eigenvalue weighted by Gasteiger charge is 2.57. The van der Waals surface area contributed by atoms with Crippen molar-refractivity contribution in [2.75, 3.05) is 7.05 Å². The van der Waals surface area contributed by atoms with Gasteiger partial charge in [-0.1, -0.05) is 45.1 Å². The van der Waals surface area contributed by atoms with E-state index in [1.807, 2.05) is 11.8 Å². The second-order valence-electron chi connectivity index (χ2n) is 8.85. The quantitative estimate of drug-likeness (QED) is 0.363. The maximum atomic E-state index is 13.6. The zero-order valence-electron chi connectivity index (χ0n) is 19.0. The van der Waals surface area contributed by atoms with Crippen molar-refractivity contribution >= 4 is 12.0 Å². The summed E-state index contributed by atoms with van der Waals surface area (Å²) in [5.74, 6) is -1.10. The van der Waals surface area contributed by atoms with Gasteiger partial charge in [-0.3, -0.25) is 9.79 Å². The van der Waals surface area contributed by atoms with E-state index in [-0.39, 0.29) is 12.2 Å². The highest BCUT2D eigenvalue weighted by molar-refractivity contribution is 5.99. The lowest BCUT2D eigenvalue weighted by Gasteiger charge is -2.41. The van der Waals surface area contributed by atoms with Gasteiger partial charge in [-0.25, -0.2) is 0 Å². The number of nitrogens with zero attached hydrogens (tertiary/aromatic N) is 3. The Bertz CT molecular complexity index is 891. The van der Waals surface area contributed by atoms with Crippen LogP contribution in [0.15, 0.2) is 39.7 Å². The lowest BCUT2D eigenvalue weighted by atomic mass is 9.68. The van der Waals surface area contributed by atoms with Crippen molar-refractivity contribution in [1.82, 2.24) is 4.90 Å². The summed E-state index contributed by atoms with van der Waals surface area (Å²) in [6.45, 7) is 2.00. The summed E-state index contributed by atoms with van der Waals surface area (Å²) in [5, 5.41) is 8.59. The smallest absolute Gasteiger partial charge is 0.349 e. The molecule has 2 heterocycles. The second-order valence-corrected chi connectivity index (χ2v) is 8.85. The highest BCUT2D eigenvalue weighted by Crippen LogP contribution is 2.55. The molecule has 7 heteroatoms. The number of hydrogen-bond donors (Lipinski definition) is 0. The van der Waals surface area contributed by atoms with E-state index >= 15 is 0 Å². The SMILES string of the molecule is CCC1=C(CCCCCCCCCC#N)C23N=CCC(=O)C2C=C(C(F)(F)F)C=C3N1C. The largest absolute Gasteiger partial charge is 0.416 e. The van der Waals surface area contributed by atoms with E-state index in [0.717, 1.165) is 68.7 Å². The molecule has 0 saturated heterocycles. The molecule has 0 aromatic carbocycles. The van der Waals surface area contributed by atoms with E-state index in [2.05, 4.69) is 6.07 Å². The molecule has 174 valence electrons. The van der Waals surface area contributed by atoms with Crippen LogP contribution in [0.25, 0.3) is 0 Å². The Morgan fingerprint density at radius 1 is 1.19 bits per heavy atom. The molecule has 1 spiro atoms. The minimum atomic E-state index is -4.50. The molecule has 4 nitrogen and oxygen atoms in total. The number of allylic oxidation sites excluding steroid dienone is 3. The monoisotopic (exact) mass is 447 g/mol. The molecule has 3 rings (SSSR count). The first kappa shape index (κ1) is 24.3. The summed E-state index contributed by atoms with van der Waals surface area (Å²) in [5.41, 5.74) is 0.710. The van der Waals surface area contributed by atoms with Gasteiger partial charge in [0.1, 0.15) is 11.3 Å². The number of halogens is 3. The average molecular weight is 448 g/mol. The molecule has 0 saturated carbocycles. The first-order chi connectivity index (χ1) is 15.3. The van der Waals surface area contributed by atoms with Crippen molar-refractivity contribution in [3.05, 3.63) is 34.7 Å². The van der Waals surface area contributed by atoms with Gasteiger partial charge >= 0.3 is 6.18 Å². The number of ketones is 1. The van der Waals surface area contributed by atoms with Gasteiger partial charge in [0.25, 0.3) is 0 Å². The fourth-order valence-electron chi connectivity index (χ4n) is 5.34. The molecule has 0 aromatic rings. The van der Waals surface area contributed by atoms with Crippen LogP contribution in [0.3, 0.4) is 0 Å². The van der Waals surface area contributed by atoms with Crippen molar-refractivity contribution in [3.63, 3.8) is 0 Å². The van der Waals surface area contributed by atoms with Crippen molar-refractivity contribution in [2.45, 2.75) is 89.3 Å². The Balaban J connectivity index is 1.77. The van der Waals surface area contributed by atoms with Crippen molar-refractivity contribution < 1.29 is 18.0 Å². The highest BCUT2D eigenvalue weighted by atomic mass is 19.4. The fourth-order valence-corrected chi connectivity index (χ4v) is 5.34. The zero-order valence-corrected chi connectivity index (χ0v) is 19.0. The summed E-state index contributed by atoms with van der Waals surface area (Å²) in [7, 11) is 1.80. The lowest BCUT2D eigenvalue weighted by molar-refractivity contribution is -0.122. The molecule has 0 amide bonds. The number of unbranched alkanes of at least 4 members (excludes halogenated alkanes) is 7. The fraction of sp³-hybridized carbons (Fsp3) is 0.640. The predicted octanol–water partition coefficient (Wildman–Crippen LogP) is 6.42. The molecule has 0 bridgehead atoms. The molecule has 0 aromatic heterocycles. The summed E-state index contributed by atoms with van der Waals surface area (Å²) in [6.07, 6.45) is 8.82. The number of hydrogen-bond acceptors (Lipinski definition) is 4. The number of carbonyl (C=O) groups excluding carboxylic acids is 1. The van der Waals surface area contributed by atoms with E-state index in [1.165, 1.54) is 6.08 Å². The number of nitriles is 1. The van der Waals surface area contributed by atoms with Gasteiger partial charge in [-0.05, 0) is 37.3 Å². The summed E-state index contributed by atoms with van der Waals surface area (Å²) in [6, 6.07) is 2.17. The van der Waals surface area contributed by atoms with Gasteiger partial charge in [0, 0.05) is 31.8 Å². The van der Waals surface area contributed by atoms with E-state index in [4.69, 9.17) is 10.3 Å². The van der Waals surface area contributed by atoms with Crippen molar-refractivity contribution in [3.8, 4) is 6.07 Å². The number of aliphatic imine (C=N–C) groups is 1. The molecule has 0 radical (unpaired) electrons. The standard InChI is InChI=1S/C25H32F3N3O/c1-3-21-19(12-10-8-6-4-5-7-9-11-14-29)24-20(22(32)13-15-30-24)16-18(25(26,27)28)17-23(24)31(21)2/h15-17,20H,3-13H2,1-2H3. The maximum Gasteiger partial charge on any atom is 0.416 e. The Kier molecular flexibility index (Phi) is 7.63. The molecule has 3 aliphatic rings. The zero-order chi connectivity index (χ0) is 23.4. The first-order valence-corrected chi connectivity index (χ1v) is 11.7. The van der Waals surface area contributed by atoms with Crippen LogP contribution in [0.1, 0.15) is 77.6 Å². The maximum absolute atomic E-state index is 13.6. The van der Waals surface area contributed by atoms with Gasteiger partial charge in [0.15, 0.2) is 0 Å². The number of carbonyl (C=O) groups is 1. The molecule has 0 fully saturated rings. The number of rotatable bonds is 10. The molecule has 2 atom stereocenters. The molecule has 1 aliphatic carbocycles. The van der Waals surface area contributed by atoms with Crippen LogP contribution >= 0.6 is 0 Å². The molecule has 32 heavy (non-hydrogen) atoms. The van der Waals surface area contributed by atoms with E-state index in [1.54, 1.807) is 13.3 Å². The van der Waals surface area contributed by atoms with Gasteiger partial charge in [0.2, 0.25) is 0 Å². The third-order valence-electron chi connectivity index (χ3n) is 6.87. The van der Waals surface area contributed by atoms with E-state index in [0.29, 0.717) is 18.5 Å². The second kappa shape index (κ2) is 10.1. The Hall–Kier alpha value is -2.36. The van der Waals surface area contributed by atoms with Crippen LogP contribution in [0, 0.1) is 17.2 Å². The van der Waals surface area contributed by atoms with Crippen molar-refractivity contribution in [2.24, 2.45) is 10.9 Å². The Morgan fingerprint density at radius 2 is 1.84 bits per heavy atom. The number of likely N-dealkylation sites (N-methyl/N-ethyl adjacent to an activating group) is 1. The van der Waals surface area contributed by atoms with Crippen LogP contribution < -0.4 is 0 Å². The van der Waals surface area contributed by atoms with Crippen molar-refractivity contribution in [1.29, 1.82) is 5.26 Å². The third-order valence-corrected chi connectivity index (χ3v) is 6.87.